The zero-order valence-corrected chi connectivity index (χ0v) is 11.9. The van der Waals surface area contributed by atoms with Gasteiger partial charge in [0.15, 0.2) is 0 Å². The molecular formula is C12H15BrFN3O2. The standard InChI is InChI=1S/C12H15BrFN3O2/c13-9-5-12(17(18)19)11(6-10(9)14)16-7-8-3-1-2-4-15-8/h5-6,8,15-16H,1-4,7H2. The first-order chi connectivity index (χ1) is 9.08. The number of nitro benzene ring substituents is 1. The van der Waals surface area contributed by atoms with E-state index in [2.05, 4.69) is 26.6 Å². The van der Waals surface area contributed by atoms with Gasteiger partial charge in [0.25, 0.3) is 5.69 Å². The average Bonchev–Trinajstić information content (AvgIpc) is 2.40. The number of nitrogens with zero attached hydrogens (tertiary/aromatic N) is 1. The number of halogens is 2. The number of rotatable bonds is 4. The largest absolute Gasteiger partial charge is 0.378 e. The minimum atomic E-state index is -0.513. The van der Waals surface area contributed by atoms with E-state index >= 15 is 0 Å². The fraction of sp³-hybridized carbons (Fsp3) is 0.500. The lowest BCUT2D eigenvalue weighted by Gasteiger charge is -2.24. The fourth-order valence-corrected chi connectivity index (χ4v) is 2.49. The van der Waals surface area contributed by atoms with Gasteiger partial charge in [-0.1, -0.05) is 6.42 Å². The Labute approximate surface area is 118 Å². The lowest BCUT2D eigenvalue weighted by Crippen LogP contribution is -2.39. The fourth-order valence-electron chi connectivity index (χ4n) is 2.16. The van der Waals surface area contributed by atoms with Crippen molar-refractivity contribution in [3.63, 3.8) is 0 Å². The van der Waals surface area contributed by atoms with Gasteiger partial charge in [0.1, 0.15) is 11.5 Å². The number of piperidine rings is 1. The Hall–Kier alpha value is -1.21. The van der Waals surface area contributed by atoms with E-state index in [1.54, 1.807) is 0 Å². The normalized spacial score (nSPS) is 19.2. The molecule has 7 heteroatoms. The lowest BCUT2D eigenvalue weighted by atomic mass is 10.1. The summed E-state index contributed by atoms with van der Waals surface area (Å²) in [6.07, 6.45) is 3.33. The van der Waals surface area contributed by atoms with E-state index in [-0.39, 0.29) is 21.9 Å². The first kappa shape index (κ1) is 14.2. The van der Waals surface area contributed by atoms with Crippen LogP contribution in [0.2, 0.25) is 0 Å². The topological polar surface area (TPSA) is 67.2 Å². The zero-order chi connectivity index (χ0) is 13.8. The van der Waals surface area contributed by atoms with Crippen LogP contribution < -0.4 is 10.6 Å². The maximum absolute atomic E-state index is 13.5. The highest BCUT2D eigenvalue weighted by Gasteiger charge is 2.19. The quantitative estimate of drug-likeness (QED) is 0.657. The van der Waals surface area contributed by atoms with E-state index in [4.69, 9.17) is 0 Å². The van der Waals surface area contributed by atoms with Crippen LogP contribution in [-0.4, -0.2) is 24.1 Å². The minimum Gasteiger partial charge on any atom is -0.378 e. The molecule has 0 bridgehead atoms. The van der Waals surface area contributed by atoms with E-state index in [1.165, 1.54) is 6.07 Å². The van der Waals surface area contributed by atoms with E-state index in [0.717, 1.165) is 31.9 Å². The lowest BCUT2D eigenvalue weighted by molar-refractivity contribution is -0.384. The van der Waals surface area contributed by atoms with Crippen molar-refractivity contribution in [3.05, 3.63) is 32.5 Å². The third kappa shape index (κ3) is 3.63. The Balaban J connectivity index is 2.09. The zero-order valence-electron chi connectivity index (χ0n) is 10.3. The van der Waals surface area contributed by atoms with E-state index in [1.807, 2.05) is 0 Å². The summed E-state index contributed by atoms with van der Waals surface area (Å²) in [5.41, 5.74) is 0.0992. The predicted molar refractivity (Wildman–Crippen MR) is 74.9 cm³/mol. The van der Waals surface area contributed by atoms with Crippen LogP contribution in [0.25, 0.3) is 0 Å². The van der Waals surface area contributed by atoms with Crippen LogP contribution in [0.3, 0.4) is 0 Å². The maximum Gasteiger partial charge on any atom is 0.293 e. The van der Waals surface area contributed by atoms with E-state index in [9.17, 15) is 14.5 Å². The number of anilines is 1. The summed E-state index contributed by atoms with van der Waals surface area (Å²) in [7, 11) is 0. The van der Waals surface area contributed by atoms with Gasteiger partial charge in [0.05, 0.1) is 9.40 Å². The van der Waals surface area contributed by atoms with Crippen molar-refractivity contribution in [3.8, 4) is 0 Å². The van der Waals surface area contributed by atoms with E-state index in [0.29, 0.717) is 6.54 Å². The van der Waals surface area contributed by atoms with Crippen molar-refractivity contribution in [2.75, 3.05) is 18.4 Å². The number of nitrogens with one attached hydrogen (secondary N) is 2. The van der Waals surface area contributed by atoms with Gasteiger partial charge >= 0.3 is 0 Å². The highest BCUT2D eigenvalue weighted by molar-refractivity contribution is 9.10. The van der Waals surface area contributed by atoms with Crippen LogP contribution in [0.4, 0.5) is 15.8 Å². The van der Waals surface area contributed by atoms with Gasteiger partial charge in [-0.15, -0.1) is 0 Å². The maximum atomic E-state index is 13.5. The summed E-state index contributed by atoms with van der Waals surface area (Å²) < 4.78 is 13.6. The molecule has 0 saturated carbocycles. The highest BCUT2D eigenvalue weighted by atomic mass is 79.9. The molecule has 2 rings (SSSR count). The third-order valence-electron chi connectivity index (χ3n) is 3.19. The SMILES string of the molecule is O=[N+]([O-])c1cc(Br)c(F)cc1NCC1CCCCN1. The van der Waals surface area contributed by atoms with Crippen LogP contribution in [-0.2, 0) is 0 Å². The molecule has 1 saturated heterocycles. The van der Waals surface area contributed by atoms with Crippen molar-refractivity contribution in [1.82, 2.24) is 5.32 Å². The molecule has 0 aromatic heterocycles. The molecule has 1 aromatic carbocycles. The van der Waals surface area contributed by atoms with Crippen molar-refractivity contribution in [2.24, 2.45) is 0 Å². The molecule has 0 amide bonds. The van der Waals surface area contributed by atoms with Crippen molar-refractivity contribution >= 4 is 27.3 Å². The number of hydrogen-bond acceptors (Lipinski definition) is 4. The molecule has 1 heterocycles. The molecule has 19 heavy (non-hydrogen) atoms. The van der Waals surface area contributed by atoms with Crippen molar-refractivity contribution in [2.45, 2.75) is 25.3 Å². The summed E-state index contributed by atoms with van der Waals surface area (Å²) >= 11 is 2.96. The van der Waals surface area contributed by atoms with Gasteiger partial charge in [-0.25, -0.2) is 4.39 Å². The summed E-state index contributed by atoms with van der Waals surface area (Å²) in [4.78, 5) is 10.4. The molecule has 1 aliphatic rings. The van der Waals surface area contributed by atoms with Crippen LogP contribution in [0, 0.1) is 15.9 Å². The van der Waals surface area contributed by atoms with Crippen LogP contribution >= 0.6 is 15.9 Å². The molecule has 0 spiro atoms. The summed E-state index contributed by atoms with van der Waals surface area (Å²) in [5.74, 6) is -0.510. The summed E-state index contributed by atoms with van der Waals surface area (Å²) in [6, 6.07) is 2.62. The van der Waals surface area contributed by atoms with Gasteiger partial charge in [0.2, 0.25) is 0 Å². The Morgan fingerprint density at radius 3 is 2.95 bits per heavy atom. The monoisotopic (exact) mass is 331 g/mol. The molecule has 5 nitrogen and oxygen atoms in total. The first-order valence-electron chi connectivity index (χ1n) is 6.18. The van der Waals surface area contributed by atoms with Gasteiger partial charge in [-0.05, 0) is 35.3 Å². The van der Waals surface area contributed by atoms with Gasteiger partial charge in [-0.2, -0.15) is 0 Å². The molecule has 0 radical (unpaired) electrons. The predicted octanol–water partition coefficient (Wildman–Crippen LogP) is 3.05. The first-order valence-corrected chi connectivity index (χ1v) is 6.98. The molecular weight excluding hydrogens is 317 g/mol. The Morgan fingerprint density at radius 2 is 2.32 bits per heavy atom. The molecule has 0 aliphatic carbocycles. The van der Waals surface area contributed by atoms with Crippen LogP contribution in [0.5, 0.6) is 0 Å². The van der Waals surface area contributed by atoms with Gasteiger partial charge in [0, 0.05) is 24.7 Å². The number of hydrogen-bond donors (Lipinski definition) is 2. The number of nitro groups is 1. The summed E-state index contributed by atoms with van der Waals surface area (Å²) in [6.45, 7) is 1.52. The van der Waals surface area contributed by atoms with Crippen LogP contribution in [0.15, 0.2) is 16.6 Å². The minimum absolute atomic E-state index is 0.0977. The molecule has 1 aliphatic heterocycles. The number of benzene rings is 1. The highest BCUT2D eigenvalue weighted by Crippen LogP contribution is 2.30. The molecule has 1 atom stereocenters. The molecule has 1 fully saturated rings. The van der Waals surface area contributed by atoms with Crippen LogP contribution in [0.1, 0.15) is 19.3 Å². The summed E-state index contributed by atoms with van der Waals surface area (Å²) in [5, 5.41) is 17.2. The Kier molecular flexibility index (Phi) is 4.71. The molecule has 2 N–H and O–H groups in total. The van der Waals surface area contributed by atoms with Gasteiger partial charge in [-0.3, -0.25) is 10.1 Å². The Bertz CT molecular complexity index is 478. The van der Waals surface area contributed by atoms with E-state index < -0.39 is 10.7 Å². The Morgan fingerprint density at radius 1 is 1.53 bits per heavy atom. The second kappa shape index (κ2) is 6.29. The third-order valence-corrected chi connectivity index (χ3v) is 3.79. The van der Waals surface area contributed by atoms with Gasteiger partial charge < -0.3 is 10.6 Å². The molecule has 104 valence electrons. The molecule has 1 unspecified atom stereocenters. The second-order valence-electron chi connectivity index (χ2n) is 4.57. The molecule has 1 aromatic rings. The average molecular weight is 332 g/mol. The van der Waals surface area contributed by atoms with Crippen molar-refractivity contribution < 1.29 is 9.31 Å². The smallest absolute Gasteiger partial charge is 0.293 e. The second-order valence-corrected chi connectivity index (χ2v) is 5.42. The van der Waals surface area contributed by atoms with Crippen molar-refractivity contribution in [1.29, 1.82) is 0 Å².